The number of nitrogens with one attached hydrogen (secondary N) is 1. The van der Waals surface area contributed by atoms with E-state index in [1.54, 1.807) is 7.11 Å². The Morgan fingerprint density at radius 3 is 2.94 bits per heavy atom. The van der Waals surface area contributed by atoms with E-state index in [0.717, 1.165) is 18.7 Å². The molecule has 1 aromatic rings. The van der Waals surface area contributed by atoms with Gasteiger partial charge in [-0.3, -0.25) is 0 Å². The van der Waals surface area contributed by atoms with Crippen molar-refractivity contribution in [3.63, 3.8) is 0 Å². The quantitative estimate of drug-likeness (QED) is 0.773. The lowest BCUT2D eigenvalue weighted by Crippen LogP contribution is -2.40. The first-order valence-electron chi connectivity index (χ1n) is 5.25. The molecular formula is C11H15N3OS. The van der Waals surface area contributed by atoms with Crippen LogP contribution in [0.15, 0.2) is 18.2 Å². The molecule has 86 valence electrons. The van der Waals surface area contributed by atoms with Gasteiger partial charge in [0.05, 0.1) is 11.8 Å². The van der Waals surface area contributed by atoms with Gasteiger partial charge in [0.1, 0.15) is 10.8 Å². The number of hydrogen-bond donors (Lipinski definition) is 2. The number of aromatic nitrogens is 1. The fourth-order valence-corrected chi connectivity index (χ4v) is 1.85. The topological polar surface area (TPSA) is 60.2 Å². The highest BCUT2D eigenvalue weighted by Crippen LogP contribution is 2.25. The minimum absolute atomic E-state index is 0.326. The van der Waals surface area contributed by atoms with Gasteiger partial charge in [-0.15, -0.1) is 0 Å². The molecule has 0 radical (unpaired) electrons. The van der Waals surface area contributed by atoms with Crippen molar-refractivity contribution in [3.05, 3.63) is 23.9 Å². The summed E-state index contributed by atoms with van der Waals surface area (Å²) >= 11 is 4.88. The van der Waals surface area contributed by atoms with Gasteiger partial charge in [-0.25, -0.2) is 4.98 Å². The van der Waals surface area contributed by atoms with E-state index in [9.17, 15) is 0 Å². The lowest BCUT2D eigenvalue weighted by Gasteiger charge is -2.34. The van der Waals surface area contributed by atoms with Crippen LogP contribution >= 0.6 is 12.2 Å². The highest BCUT2D eigenvalue weighted by Gasteiger charge is 2.28. The van der Waals surface area contributed by atoms with Crippen molar-refractivity contribution in [1.29, 1.82) is 0 Å². The molecule has 1 fully saturated rings. The molecule has 1 saturated carbocycles. The monoisotopic (exact) mass is 237 g/mol. The highest BCUT2D eigenvalue weighted by atomic mass is 32.1. The summed E-state index contributed by atoms with van der Waals surface area (Å²) in [6.45, 7) is 0. The van der Waals surface area contributed by atoms with Gasteiger partial charge in [-0.2, -0.15) is 0 Å². The molecular weight excluding hydrogens is 222 g/mol. The Balaban J connectivity index is 1.95. The molecule has 1 heterocycles. The maximum Gasteiger partial charge on any atom is 0.126 e. The molecule has 0 spiro atoms. The number of ether oxygens (including phenoxy) is 1. The highest BCUT2D eigenvalue weighted by molar-refractivity contribution is 7.80. The van der Waals surface area contributed by atoms with Crippen molar-refractivity contribution >= 4 is 23.0 Å². The van der Waals surface area contributed by atoms with Crippen molar-refractivity contribution in [2.45, 2.75) is 25.0 Å². The second-order valence-corrected chi connectivity index (χ2v) is 4.38. The number of thiocarbonyl (C=S) groups is 1. The van der Waals surface area contributed by atoms with Gasteiger partial charge < -0.3 is 15.8 Å². The Kier molecular flexibility index (Phi) is 3.36. The van der Waals surface area contributed by atoms with E-state index in [4.69, 9.17) is 22.7 Å². The van der Waals surface area contributed by atoms with Crippen molar-refractivity contribution in [1.82, 2.24) is 4.98 Å². The molecule has 0 aromatic carbocycles. The van der Waals surface area contributed by atoms with Crippen LogP contribution < -0.4 is 11.1 Å². The molecule has 16 heavy (non-hydrogen) atoms. The van der Waals surface area contributed by atoms with Gasteiger partial charge in [0.15, 0.2) is 0 Å². The second kappa shape index (κ2) is 4.76. The fourth-order valence-electron chi connectivity index (χ4n) is 1.74. The number of nitrogens with zero attached hydrogens (tertiary/aromatic N) is 1. The first-order chi connectivity index (χ1) is 7.69. The third kappa shape index (κ3) is 2.48. The molecule has 1 aliphatic carbocycles. The summed E-state index contributed by atoms with van der Waals surface area (Å²) < 4.78 is 5.21. The molecule has 1 aromatic heterocycles. The van der Waals surface area contributed by atoms with Crippen LogP contribution in [0.4, 0.5) is 5.82 Å². The average Bonchev–Trinajstić information content (AvgIpc) is 2.23. The van der Waals surface area contributed by atoms with Crippen LogP contribution in [0.5, 0.6) is 0 Å². The first kappa shape index (κ1) is 11.3. The Morgan fingerprint density at radius 1 is 1.56 bits per heavy atom. The number of hydrogen-bond acceptors (Lipinski definition) is 4. The van der Waals surface area contributed by atoms with Crippen molar-refractivity contribution in [3.8, 4) is 0 Å². The zero-order valence-corrected chi connectivity index (χ0v) is 9.96. The van der Waals surface area contributed by atoms with Crippen molar-refractivity contribution < 1.29 is 4.74 Å². The summed E-state index contributed by atoms with van der Waals surface area (Å²) in [6.07, 6.45) is 2.43. The summed E-state index contributed by atoms with van der Waals surface area (Å²) in [5.74, 6) is 0.824. The SMILES string of the molecule is COC1CC(Nc2cccc(C(N)=S)n2)C1. The Bertz CT molecular complexity index is 391. The molecule has 0 saturated heterocycles. The Morgan fingerprint density at radius 2 is 2.31 bits per heavy atom. The molecule has 1 aliphatic rings. The van der Waals surface area contributed by atoms with Crippen LogP contribution in [0.3, 0.4) is 0 Å². The standard InChI is InChI=1S/C11H15N3OS/c1-15-8-5-7(6-8)13-10-4-2-3-9(14-10)11(12)16/h2-4,7-8H,5-6H2,1H3,(H2,12,16)(H,13,14). The van der Waals surface area contributed by atoms with Gasteiger partial charge in [0.2, 0.25) is 0 Å². The van der Waals surface area contributed by atoms with E-state index in [2.05, 4.69) is 10.3 Å². The largest absolute Gasteiger partial charge is 0.388 e. The predicted octanol–water partition coefficient (Wildman–Crippen LogP) is 1.31. The second-order valence-electron chi connectivity index (χ2n) is 3.94. The van der Waals surface area contributed by atoms with E-state index in [1.165, 1.54) is 0 Å². The van der Waals surface area contributed by atoms with Crippen molar-refractivity contribution in [2.24, 2.45) is 5.73 Å². The van der Waals surface area contributed by atoms with E-state index in [-0.39, 0.29) is 0 Å². The summed E-state index contributed by atoms with van der Waals surface area (Å²) in [7, 11) is 1.74. The maximum absolute atomic E-state index is 5.52. The van der Waals surface area contributed by atoms with Crippen molar-refractivity contribution in [2.75, 3.05) is 12.4 Å². The van der Waals surface area contributed by atoms with E-state index >= 15 is 0 Å². The molecule has 0 amide bonds. The lowest BCUT2D eigenvalue weighted by molar-refractivity contribution is 0.0328. The van der Waals surface area contributed by atoms with E-state index < -0.39 is 0 Å². The normalized spacial score (nSPS) is 23.6. The first-order valence-corrected chi connectivity index (χ1v) is 5.66. The number of nitrogens with two attached hydrogens (primary N) is 1. The molecule has 4 nitrogen and oxygen atoms in total. The number of anilines is 1. The molecule has 3 N–H and O–H groups in total. The molecule has 0 bridgehead atoms. The van der Waals surface area contributed by atoms with Crippen LogP contribution in [-0.4, -0.2) is 29.2 Å². The number of rotatable bonds is 4. The Hall–Kier alpha value is -1.20. The fraction of sp³-hybridized carbons (Fsp3) is 0.455. The van der Waals surface area contributed by atoms with E-state index in [0.29, 0.717) is 22.8 Å². The molecule has 0 atom stereocenters. The third-order valence-corrected chi connectivity index (χ3v) is 2.99. The average molecular weight is 237 g/mol. The number of methoxy groups -OCH3 is 1. The van der Waals surface area contributed by atoms with Gasteiger partial charge in [0, 0.05) is 13.2 Å². The summed E-state index contributed by atoms with van der Waals surface area (Å²) in [6, 6.07) is 6.07. The van der Waals surface area contributed by atoms with Gasteiger partial charge in [0.25, 0.3) is 0 Å². The van der Waals surface area contributed by atoms with Crippen LogP contribution in [0.2, 0.25) is 0 Å². The van der Waals surface area contributed by atoms with Crippen LogP contribution in [0.25, 0.3) is 0 Å². The minimum atomic E-state index is 0.326. The minimum Gasteiger partial charge on any atom is -0.388 e. The van der Waals surface area contributed by atoms with Gasteiger partial charge in [-0.05, 0) is 25.0 Å². The molecule has 0 aliphatic heterocycles. The summed E-state index contributed by atoms with van der Waals surface area (Å²) in [5.41, 5.74) is 6.18. The molecule has 2 rings (SSSR count). The lowest BCUT2D eigenvalue weighted by atomic mass is 9.89. The maximum atomic E-state index is 5.52. The van der Waals surface area contributed by atoms with Gasteiger partial charge >= 0.3 is 0 Å². The van der Waals surface area contributed by atoms with Gasteiger partial charge in [-0.1, -0.05) is 18.3 Å². The van der Waals surface area contributed by atoms with Crippen LogP contribution in [0, 0.1) is 0 Å². The third-order valence-electron chi connectivity index (χ3n) is 2.78. The molecule has 0 unspecified atom stereocenters. The predicted molar refractivity (Wildman–Crippen MR) is 67.6 cm³/mol. The Labute approximate surface area is 100 Å². The number of pyridine rings is 1. The van der Waals surface area contributed by atoms with Crippen LogP contribution in [-0.2, 0) is 4.74 Å². The smallest absolute Gasteiger partial charge is 0.126 e. The zero-order valence-electron chi connectivity index (χ0n) is 9.14. The summed E-state index contributed by atoms with van der Waals surface area (Å²) in [5, 5.41) is 3.33. The summed E-state index contributed by atoms with van der Waals surface area (Å²) in [4.78, 5) is 4.65. The zero-order chi connectivity index (χ0) is 11.5. The van der Waals surface area contributed by atoms with Crippen LogP contribution in [0.1, 0.15) is 18.5 Å². The van der Waals surface area contributed by atoms with E-state index in [1.807, 2.05) is 18.2 Å². The molecule has 5 heteroatoms.